The third kappa shape index (κ3) is 9.75. The van der Waals surface area contributed by atoms with Gasteiger partial charge in [0.25, 0.3) is 0 Å². The van der Waals surface area contributed by atoms with E-state index in [0.29, 0.717) is 12.5 Å². The van der Waals surface area contributed by atoms with E-state index >= 15 is 0 Å². The number of alkyl carbamates (subject to hydrolysis) is 1. The van der Waals surface area contributed by atoms with E-state index in [-0.39, 0.29) is 18.4 Å². The molecule has 0 saturated carbocycles. The molecule has 0 bridgehead atoms. The molecule has 6 heteroatoms. The van der Waals surface area contributed by atoms with Gasteiger partial charge in [0, 0.05) is 25.6 Å². The number of carbonyl (C=O) groups is 2. The van der Waals surface area contributed by atoms with Crippen LogP contribution in [0.1, 0.15) is 60.3 Å². The van der Waals surface area contributed by atoms with Crippen LogP contribution in [0, 0.1) is 5.92 Å². The monoisotopic (exact) mass is 341 g/mol. The second-order valence-corrected chi connectivity index (χ2v) is 8.08. The van der Waals surface area contributed by atoms with Crippen molar-refractivity contribution in [1.29, 1.82) is 0 Å². The average Bonchev–Trinajstić information content (AvgIpc) is 2.88. The highest BCUT2D eigenvalue weighted by Gasteiger charge is 2.22. The quantitative estimate of drug-likeness (QED) is 0.712. The first-order chi connectivity index (χ1) is 11.2. The number of likely N-dealkylation sites (tertiary alicyclic amines) is 1. The summed E-state index contributed by atoms with van der Waals surface area (Å²) in [6.07, 6.45) is 3.09. The van der Waals surface area contributed by atoms with E-state index in [0.717, 1.165) is 26.1 Å². The fraction of sp³-hybridized carbons (Fsp3) is 0.889. The van der Waals surface area contributed by atoms with Crippen LogP contribution in [0.15, 0.2) is 0 Å². The van der Waals surface area contributed by atoms with Crippen molar-refractivity contribution in [3.63, 3.8) is 0 Å². The topological polar surface area (TPSA) is 70.7 Å². The number of hydrogen-bond donors (Lipinski definition) is 2. The Bertz CT molecular complexity index is 399. The Morgan fingerprint density at radius 1 is 1.17 bits per heavy atom. The van der Waals surface area contributed by atoms with Gasteiger partial charge in [-0.1, -0.05) is 13.8 Å². The Hall–Kier alpha value is -1.30. The molecule has 0 aliphatic carbocycles. The number of rotatable bonds is 8. The molecule has 0 aromatic carbocycles. The van der Waals surface area contributed by atoms with Gasteiger partial charge in [-0.15, -0.1) is 0 Å². The number of carbonyl (C=O) groups excluding carboxylic acids is 2. The van der Waals surface area contributed by atoms with Crippen molar-refractivity contribution in [1.82, 2.24) is 15.5 Å². The van der Waals surface area contributed by atoms with Crippen LogP contribution in [-0.4, -0.2) is 54.7 Å². The highest BCUT2D eigenvalue weighted by atomic mass is 16.6. The van der Waals surface area contributed by atoms with Gasteiger partial charge in [-0.05, 0) is 59.0 Å². The SMILES string of the molecule is CC(C)C[C@@H](CC(=O)NCCN1CCCC1)NC(=O)OC(C)(C)C. The molecule has 0 aromatic rings. The summed E-state index contributed by atoms with van der Waals surface area (Å²) in [5.41, 5.74) is -0.537. The summed E-state index contributed by atoms with van der Waals surface area (Å²) in [7, 11) is 0. The van der Waals surface area contributed by atoms with Crippen LogP contribution in [0.2, 0.25) is 0 Å². The Morgan fingerprint density at radius 3 is 2.33 bits per heavy atom. The Balaban J connectivity index is 2.37. The molecular weight excluding hydrogens is 306 g/mol. The molecule has 1 aliphatic heterocycles. The maximum Gasteiger partial charge on any atom is 0.407 e. The Morgan fingerprint density at radius 2 is 1.79 bits per heavy atom. The molecule has 1 aliphatic rings. The summed E-state index contributed by atoms with van der Waals surface area (Å²) < 4.78 is 5.29. The van der Waals surface area contributed by atoms with E-state index in [1.54, 1.807) is 0 Å². The minimum absolute atomic E-state index is 0.0177. The molecule has 0 radical (unpaired) electrons. The molecule has 6 nitrogen and oxygen atoms in total. The summed E-state index contributed by atoms with van der Waals surface area (Å²) in [6.45, 7) is 13.5. The smallest absolute Gasteiger partial charge is 0.407 e. The first kappa shape index (κ1) is 20.7. The zero-order chi connectivity index (χ0) is 18.2. The van der Waals surface area contributed by atoms with Gasteiger partial charge in [0.2, 0.25) is 5.91 Å². The lowest BCUT2D eigenvalue weighted by Gasteiger charge is -2.24. The molecule has 140 valence electrons. The molecule has 2 N–H and O–H groups in total. The fourth-order valence-electron chi connectivity index (χ4n) is 2.89. The van der Waals surface area contributed by atoms with Crippen molar-refractivity contribution < 1.29 is 14.3 Å². The van der Waals surface area contributed by atoms with Gasteiger partial charge in [-0.3, -0.25) is 4.79 Å². The Labute approximate surface area is 146 Å². The maximum atomic E-state index is 12.2. The third-order valence-corrected chi connectivity index (χ3v) is 3.86. The van der Waals surface area contributed by atoms with Crippen molar-refractivity contribution in [3.05, 3.63) is 0 Å². The number of nitrogens with zero attached hydrogens (tertiary/aromatic N) is 1. The second-order valence-electron chi connectivity index (χ2n) is 8.08. The number of amides is 2. The highest BCUT2D eigenvalue weighted by molar-refractivity contribution is 5.77. The van der Waals surface area contributed by atoms with Crippen LogP contribution in [0.25, 0.3) is 0 Å². The minimum atomic E-state index is -0.537. The average molecular weight is 341 g/mol. The zero-order valence-corrected chi connectivity index (χ0v) is 16.0. The van der Waals surface area contributed by atoms with Crippen LogP contribution in [0.4, 0.5) is 4.79 Å². The molecule has 0 spiro atoms. The number of hydrogen-bond acceptors (Lipinski definition) is 4. The van der Waals surface area contributed by atoms with Gasteiger partial charge < -0.3 is 20.3 Å². The highest BCUT2D eigenvalue weighted by Crippen LogP contribution is 2.11. The predicted octanol–water partition coefficient (Wildman–Crippen LogP) is 2.53. The van der Waals surface area contributed by atoms with E-state index < -0.39 is 11.7 Å². The molecule has 0 unspecified atom stereocenters. The lowest BCUT2D eigenvalue weighted by atomic mass is 10.0. The molecule has 2 amide bonds. The lowest BCUT2D eigenvalue weighted by molar-refractivity contribution is -0.121. The second kappa shape index (κ2) is 9.87. The van der Waals surface area contributed by atoms with Crippen LogP contribution >= 0.6 is 0 Å². The van der Waals surface area contributed by atoms with Gasteiger partial charge in [-0.25, -0.2) is 4.79 Å². The van der Waals surface area contributed by atoms with Gasteiger partial charge in [-0.2, -0.15) is 0 Å². The standard InChI is InChI=1S/C18H35N3O3/c1-14(2)12-15(20-17(23)24-18(3,4)5)13-16(22)19-8-11-21-9-6-7-10-21/h14-15H,6-13H2,1-5H3,(H,19,22)(H,20,23)/t15-/m0/s1. The van der Waals surface area contributed by atoms with Crippen molar-refractivity contribution in [2.45, 2.75) is 71.9 Å². The largest absolute Gasteiger partial charge is 0.444 e. The lowest BCUT2D eigenvalue weighted by Crippen LogP contribution is -2.43. The fourth-order valence-corrected chi connectivity index (χ4v) is 2.89. The van der Waals surface area contributed by atoms with Crippen molar-refractivity contribution in [2.75, 3.05) is 26.2 Å². The van der Waals surface area contributed by atoms with E-state index in [1.165, 1.54) is 12.8 Å². The van der Waals surface area contributed by atoms with E-state index in [4.69, 9.17) is 4.74 Å². The normalized spacial score (nSPS) is 16.9. The van der Waals surface area contributed by atoms with Gasteiger partial charge in [0.05, 0.1) is 0 Å². The van der Waals surface area contributed by atoms with Gasteiger partial charge >= 0.3 is 6.09 Å². The van der Waals surface area contributed by atoms with E-state index in [1.807, 2.05) is 20.8 Å². The van der Waals surface area contributed by atoms with Gasteiger partial charge in [0.1, 0.15) is 5.60 Å². The predicted molar refractivity (Wildman–Crippen MR) is 95.9 cm³/mol. The Kier molecular flexibility index (Phi) is 8.53. The zero-order valence-electron chi connectivity index (χ0n) is 16.0. The van der Waals surface area contributed by atoms with E-state index in [2.05, 4.69) is 29.4 Å². The van der Waals surface area contributed by atoms with Crippen molar-refractivity contribution >= 4 is 12.0 Å². The summed E-state index contributed by atoms with van der Waals surface area (Å²) in [5, 5.41) is 5.80. The van der Waals surface area contributed by atoms with Crippen LogP contribution in [0.3, 0.4) is 0 Å². The molecule has 1 heterocycles. The van der Waals surface area contributed by atoms with Crippen molar-refractivity contribution in [3.8, 4) is 0 Å². The molecule has 1 rings (SSSR count). The third-order valence-electron chi connectivity index (χ3n) is 3.86. The number of ether oxygens (including phenoxy) is 1. The first-order valence-electron chi connectivity index (χ1n) is 9.14. The van der Waals surface area contributed by atoms with Crippen molar-refractivity contribution in [2.24, 2.45) is 5.92 Å². The van der Waals surface area contributed by atoms with Gasteiger partial charge in [0.15, 0.2) is 0 Å². The molecule has 1 fully saturated rings. The molecule has 24 heavy (non-hydrogen) atoms. The maximum absolute atomic E-state index is 12.2. The summed E-state index contributed by atoms with van der Waals surface area (Å²) in [6, 6.07) is -0.202. The summed E-state index contributed by atoms with van der Waals surface area (Å²) in [5.74, 6) is 0.373. The van der Waals surface area contributed by atoms with E-state index in [9.17, 15) is 9.59 Å². The summed E-state index contributed by atoms with van der Waals surface area (Å²) >= 11 is 0. The summed E-state index contributed by atoms with van der Waals surface area (Å²) in [4.78, 5) is 26.5. The van der Waals surface area contributed by atoms with Crippen LogP contribution in [0.5, 0.6) is 0 Å². The number of nitrogens with one attached hydrogen (secondary N) is 2. The van der Waals surface area contributed by atoms with Crippen LogP contribution < -0.4 is 10.6 Å². The molecule has 0 aromatic heterocycles. The minimum Gasteiger partial charge on any atom is -0.444 e. The first-order valence-corrected chi connectivity index (χ1v) is 9.14. The van der Waals surface area contributed by atoms with Crippen LogP contribution in [-0.2, 0) is 9.53 Å². The molecule has 1 atom stereocenters. The molecular formula is C18H35N3O3. The molecule has 1 saturated heterocycles.